The zero-order valence-electron chi connectivity index (χ0n) is 11.0. The lowest BCUT2D eigenvalue weighted by molar-refractivity contribution is 0.0411. The van der Waals surface area contributed by atoms with Gasteiger partial charge >= 0.3 is 0 Å². The highest BCUT2D eigenvalue weighted by atomic mass is 16.3. The van der Waals surface area contributed by atoms with E-state index in [-0.39, 0.29) is 23.0 Å². The van der Waals surface area contributed by atoms with Gasteiger partial charge in [-0.25, -0.2) is 0 Å². The summed E-state index contributed by atoms with van der Waals surface area (Å²) in [6, 6.07) is 0. The van der Waals surface area contributed by atoms with Crippen molar-refractivity contribution in [3.05, 3.63) is 0 Å². The van der Waals surface area contributed by atoms with Crippen molar-refractivity contribution in [3.63, 3.8) is 0 Å². The second-order valence-corrected chi connectivity index (χ2v) is 6.42. The molecule has 0 aromatic carbocycles. The van der Waals surface area contributed by atoms with Crippen molar-refractivity contribution < 1.29 is 10.2 Å². The molecule has 0 aliphatic carbocycles. The Bertz CT molecular complexity index is 159. The van der Waals surface area contributed by atoms with Gasteiger partial charge in [0.2, 0.25) is 0 Å². The van der Waals surface area contributed by atoms with Crippen LogP contribution in [0.1, 0.15) is 41.5 Å². The third kappa shape index (κ3) is 6.13. The van der Waals surface area contributed by atoms with Crippen molar-refractivity contribution >= 4 is 0 Å². The van der Waals surface area contributed by atoms with Gasteiger partial charge in [-0.05, 0) is 10.8 Å². The summed E-state index contributed by atoms with van der Waals surface area (Å²) in [4.78, 5) is 0. The van der Waals surface area contributed by atoms with Crippen LogP contribution >= 0.6 is 0 Å². The van der Waals surface area contributed by atoms with Crippen molar-refractivity contribution in [2.45, 2.75) is 53.8 Å². The van der Waals surface area contributed by atoms with Crippen molar-refractivity contribution in [2.24, 2.45) is 10.8 Å². The number of aliphatic hydroxyl groups excluding tert-OH is 2. The quantitative estimate of drug-likeness (QED) is 0.667. The molecule has 0 spiro atoms. The highest BCUT2D eigenvalue weighted by Crippen LogP contribution is 2.20. The highest BCUT2D eigenvalue weighted by Gasteiger charge is 2.24. The Morgan fingerprint density at radius 2 is 1.07 bits per heavy atom. The largest absolute Gasteiger partial charge is 0.391 e. The molecule has 15 heavy (non-hydrogen) atoms. The van der Waals surface area contributed by atoms with Crippen LogP contribution in [0.5, 0.6) is 0 Å². The topological polar surface area (TPSA) is 52.5 Å². The van der Waals surface area contributed by atoms with E-state index in [1.54, 1.807) is 0 Å². The Morgan fingerprint density at radius 1 is 0.800 bits per heavy atom. The molecule has 0 fully saturated rings. The van der Waals surface area contributed by atoms with E-state index in [2.05, 4.69) is 5.32 Å². The summed E-state index contributed by atoms with van der Waals surface area (Å²) in [6.07, 6.45) is -0.769. The molecule has 0 aromatic heterocycles. The molecule has 3 N–H and O–H groups in total. The average molecular weight is 217 g/mol. The van der Waals surface area contributed by atoms with Gasteiger partial charge in [0.1, 0.15) is 0 Å². The van der Waals surface area contributed by atoms with Crippen LogP contribution in [0.4, 0.5) is 0 Å². The average Bonchev–Trinajstić information content (AvgIpc) is 2.00. The maximum absolute atomic E-state index is 9.76. The molecule has 0 rings (SSSR count). The van der Waals surface area contributed by atoms with Crippen molar-refractivity contribution in [3.8, 4) is 0 Å². The second kappa shape index (κ2) is 5.28. The highest BCUT2D eigenvalue weighted by molar-refractivity contribution is 4.78. The Morgan fingerprint density at radius 3 is 1.27 bits per heavy atom. The Labute approximate surface area is 93.9 Å². The summed E-state index contributed by atoms with van der Waals surface area (Å²) < 4.78 is 0. The van der Waals surface area contributed by atoms with Gasteiger partial charge in [-0.2, -0.15) is 0 Å². The first-order chi connectivity index (χ1) is 6.55. The summed E-state index contributed by atoms with van der Waals surface area (Å²) in [7, 11) is 0. The fourth-order valence-corrected chi connectivity index (χ4v) is 0.969. The SMILES string of the molecule is CC(C)(C)C(O)CNCC(O)C(C)(C)C. The lowest BCUT2D eigenvalue weighted by atomic mass is 9.88. The van der Waals surface area contributed by atoms with Gasteiger partial charge < -0.3 is 15.5 Å². The van der Waals surface area contributed by atoms with Gasteiger partial charge in [-0.15, -0.1) is 0 Å². The number of hydrogen-bond acceptors (Lipinski definition) is 3. The van der Waals surface area contributed by atoms with Crippen molar-refractivity contribution in [1.82, 2.24) is 5.32 Å². The van der Waals surface area contributed by atoms with Gasteiger partial charge in [-0.3, -0.25) is 0 Å². The zero-order valence-corrected chi connectivity index (χ0v) is 11.0. The van der Waals surface area contributed by atoms with Gasteiger partial charge in [0.05, 0.1) is 12.2 Å². The van der Waals surface area contributed by atoms with Gasteiger partial charge in [0, 0.05) is 13.1 Å². The minimum atomic E-state index is -0.385. The lowest BCUT2D eigenvalue weighted by Gasteiger charge is -2.29. The van der Waals surface area contributed by atoms with Crippen LogP contribution in [0.2, 0.25) is 0 Å². The summed E-state index contributed by atoms with van der Waals surface area (Å²) in [5, 5.41) is 22.6. The minimum Gasteiger partial charge on any atom is -0.391 e. The number of hydrogen-bond donors (Lipinski definition) is 3. The van der Waals surface area contributed by atoms with E-state index in [0.717, 1.165) is 0 Å². The molecular weight excluding hydrogens is 190 g/mol. The van der Waals surface area contributed by atoms with Crippen LogP contribution in [-0.4, -0.2) is 35.5 Å². The van der Waals surface area contributed by atoms with E-state index in [0.29, 0.717) is 13.1 Å². The van der Waals surface area contributed by atoms with Crippen LogP contribution in [0.15, 0.2) is 0 Å². The molecule has 0 aliphatic rings. The number of nitrogens with one attached hydrogen (secondary N) is 1. The monoisotopic (exact) mass is 217 g/mol. The normalized spacial score (nSPS) is 17.6. The molecule has 0 amide bonds. The number of aliphatic hydroxyl groups is 2. The molecule has 0 aromatic rings. The van der Waals surface area contributed by atoms with Gasteiger partial charge in [0.25, 0.3) is 0 Å². The zero-order chi connectivity index (χ0) is 12.3. The van der Waals surface area contributed by atoms with Gasteiger partial charge in [-0.1, -0.05) is 41.5 Å². The van der Waals surface area contributed by atoms with Crippen molar-refractivity contribution in [1.29, 1.82) is 0 Å². The Balaban J connectivity index is 3.81. The maximum atomic E-state index is 9.76. The summed E-state index contributed by atoms with van der Waals surface area (Å²) in [6.45, 7) is 13.0. The molecule has 0 saturated heterocycles. The second-order valence-electron chi connectivity index (χ2n) is 6.42. The molecule has 0 radical (unpaired) electrons. The lowest BCUT2D eigenvalue weighted by Crippen LogP contribution is -2.42. The molecule has 92 valence electrons. The molecular formula is C12H27NO2. The Kier molecular flexibility index (Phi) is 5.24. The number of rotatable bonds is 4. The van der Waals surface area contributed by atoms with E-state index in [4.69, 9.17) is 0 Å². The van der Waals surface area contributed by atoms with E-state index in [1.807, 2.05) is 41.5 Å². The molecule has 0 aliphatic heterocycles. The first kappa shape index (κ1) is 14.9. The molecule has 3 heteroatoms. The summed E-state index contributed by atoms with van der Waals surface area (Å²) in [5.41, 5.74) is -0.223. The van der Waals surface area contributed by atoms with Crippen molar-refractivity contribution in [2.75, 3.05) is 13.1 Å². The first-order valence-electron chi connectivity index (χ1n) is 5.62. The van der Waals surface area contributed by atoms with Crippen LogP contribution in [-0.2, 0) is 0 Å². The first-order valence-corrected chi connectivity index (χ1v) is 5.62. The molecule has 0 heterocycles. The molecule has 2 unspecified atom stereocenters. The summed E-state index contributed by atoms with van der Waals surface area (Å²) >= 11 is 0. The fraction of sp³-hybridized carbons (Fsp3) is 1.00. The van der Waals surface area contributed by atoms with Gasteiger partial charge in [0.15, 0.2) is 0 Å². The molecule has 2 atom stereocenters. The van der Waals surface area contributed by atoms with E-state index < -0.39 is 0 Å². The Hall–Kier alpha value is -0.120. The van der Waals surface area contributed by atoms with Crippen LogP contribution in [0.3, 0.4) is 0 Å². The van der Waals surface area contributed by atoms with E-state index in [9.17, 15) is 10.2 Å². The predicted molar refractivity (Wildman–Crippen MR) is 63.8 cm³/mol. The van der Waals surface area contributed by atoms with Crippen LogP contribution < -0.4 is 5.32 Å². The molecule has 3 nitrogen and oxygen atoms in total. The van der Waals surface area contributed by atoms with E-state index in [1.165, 1.54) is 0 Å². The standard InChI is InChI=1S/C12H27NO2/c1-11(2,3)9(14)7-13-8-10(15)12(4,5)6/h9-10,13-15H,7-8H2,1-6H3. The predicted octanol–water partition coefficient (Wildman–Crippen LogP) is 1.39. The third-order valence-electron chi connectivity index (χ3n) is 2.67. The van der Waals surface area contributed by atoms with Crippen LogP contribution in [0.25, 0.3) is 0 Å². The summed E-state index contributed by atoms with van der Waals surface area (Å²) in [5.74, 6) is 0. The van der Waals surface area contributed by atoms with E-state index >= 15 is 0 Å². The third-order valence-corrected chi connectivity index (χ3v) is 2.67. The maximum Gasteiger partial charge on any atom is 0.0712 e. The fourth-order valence-electron chi connectivity index (χ4n) is 0.969. The molecule has 0 bridgehead atoms. The smallest absolute Gasteiger partial charge is 0.0712 e. The van der Waals surface area contributed by atoms with Crippen LogP contribution in [0, 0.1) is 10.8 Å². The molecule has 0 saturated carbocycles. The minimum absolute atomic E-state index is 0.111.